The molecule has 0 unspecified atom stereocenters. The van der Waals surface area contributed by atoms with E-state index in [-0.39, 0.29) is 29.5 Å². The SMILES string of the molecule is CCC[C@@H]1CO[C@@H](C)CN1C(=O)c1cccc(-c2cccc(-n3ncc(C(=O)OC)c3C3CC3)c2)c1F. The molecule has 0 spiro atoms. The first kappa shape index (κ1) is 25.1. The first-order valence-electron chi connectivity index (χ1n) is 12.9. The van der Waals surface area contributed by atoms with E-state index in [2.05, 4.69) is 12.0 Å². The van der Waals surface area contributed by atoms with Crippen molar-refractivity contribution in [3.8, 4) is 16.8 Å². The van der Waals surface area contributed by atoms with Gasteiger partial charge in [0.1, 0.15) is 11.4 Å². The van der Waals surface area contributed by atoms with Crippen molar-refractivity contribution in [1.29, 1.82) is 0 Å². The minimum atomic E-state index is -0.544. The summed E-state index contributed by atoms with van der Waals surface area (Å²) in [6.07, 6.45) is 5.12. The Kier molecular flexibility index (Phi) is 7.11. The van der Waals surface area contributed by atoms with Crippen molar-refractivity contribution in [3.63, 3.8) is 0 Å². The predicted octanol–water partition coefficient (Wildman–Crippen LogP) is 5.37. The molecule has 0 N–H and O–H groups in total. The van der Waals surface area contributed by atoms with Crippen LogP contribution in [0.25, 0.3) is 16.8 Å². The smallest absolute Gasteiger partial charge is 0.341 e. The molecule has 2 aromatic carbocycles. The lowest BCUT2D eigenvalue weighted by Crippen LogP contribution is -2.51. The maximum absolute atomic E-state index is 15.9. The quantitative estimate of drug-likeness (QED) is 0.404. The Morgan fingerprint density at radius 2 is 1.95 bits per heavy atom. The zero-order valence-corrected chi connectivity index (χ0v) is 21.4. The second-order valence-electron chi connectivity index (χ2n) is 9.88. The van der Waals surface area contributed by atoms with Crippen molar-refractivity contribution in [2.45, 2.75) is 57.6 Å². The molecule has 1 saturated carbocycles. The van der Waals surface area contributed by atoms with Crippen molar-refractivity contribution < 1.29 is 23.5 Å². The number of benzene rings is 2. The van der Waals surface area contributed by atoms with Crippen molar-refractivity contribution in [2.75, 3.05) is 20.3 Å². The van der Waals surface area contributed by atoms with Gasteiger partial charge in [0.25, 0.3) is 5.91 Å². The minimum absolute atomic E-state index is 0.0591. The van der Waals surface area contributed by atoms with Gasteiger partial charge in [0, 0.05) is 18.0 Å². The molecule has 1 aromatic heterocycles. The Morgan fingerprint density at radius 3 is 2.68 bits per heavy atom. The van der Waals surface area contributed by atoms with E-state index in [4.69, 9.17) is 9.47 Å². The highest BCUT2D eigenvalue weighted by molar-refractivity contribution is 5.96. The van der Waals surface area contributed by atoms with Gasteiger partial charge in [-0.05, 0) is 49.9 Å². The fraction of sp³-hybridized carbons (Fsp3) is 0.414. The molecule has 2 aliphatic rings. The lowest BCUT2D eigenvalue weighted by Gasteiger charge is -2.38. The topological polar surface area (TPSA) is 73.7 Å². The third-order valence-corrected chi connectivity index (χ3v) is 7.16. The Labute approximate surface area is 216 Å². The molecule has 0 bridgehead atoms. The molecule has 5 rings (SSSR count). The van der Waals surface area contributed by atoms with Gasteiger partial charge in [-0.3, -0.25) is 4.79 Å². The molecule has 1 saturated heterocycles. The van der Waals surface area contributed by atoms with E-state index < -0.39 is 11.8 Å². The molecule has 8 heteroatoms. The Bertz CT molecular complexity index is 1320. The molecular weight excluding hydrogens is 473 g/mol. The summed E-state index contributed by atoms with van der Waals surface area (Å²) < 4.78 is 28.4. The zero-order valence-electron chi connectivity index (χ0n) is 21.4. The number of ether oxygens (including phenoxy) is 2. The van der Waals surface area contributed by atoms with Crippen molar-refractivity contribution in [1.82, 2.24) is 14.7 Å². The van der Waals surface area contributed by atoms with Crippen LogP contribution in [0.5, 0.6) is 0 Å². The largest absolute Gasteiger partial charge is 0.465 e. The van der Waals surface area contributed by atoms with E-state index in [0.717, 1.165) is 37.1 Å². The Balaban J connectivity index is 1.50. The van der Waals surface area contributed by atoms with Gasteiger partial charge < -0.3 is 14.4 Å². The highest BCUT2D eigenvalue weighted by atomic mass is 19.1. The summed E-state index contributed by atoms with van der Waals surface area (Å²) in [4.78, 5) is 27.6. The van der Waals surface area contributed by atoms with E-state index in [1.165, 1.54) is 13.3 Å². The van der Waals surface area contributed by atoms with E-state index in [1.807, 2.05) is 31.2 Å². The second kappa shape index (κ2) is 10.5. The van der Waals surface area contributed by atoms with Crippen LogP contribution in [-0.4, -0.2) is 59.0 Å². The van der Waals surface area contributed by atoms with Crippen molar-refractivity contribution in [2.24, 2.45) is 0 Å². The number of methoxy groups -OCH3 is 1. The van der Waals surface area contributed by atoms with Gasteiger partial charge in [-0.2, -0.15) is 5.10 Å². The number of carbonyl (C=O) groups excluding carboxylic acids is 2. The molecule has 2 heterocycles. The summed E-state index contributed by atoms with van der Waals surface area (Å²) in [5.74, 6) is -1.03. The number of morpholine rings is 1. The summed E-state index contributed by atoms with van der Waals surface area (Å²) in [6.45, 7) is 4.90. The zero-order chi connectivity index (χ0) is 26.1. The Morgan fingerprint density at radius 1 is 1.16 bits per heavy atom. The Hall–Kier alpha value is -3.52. The number of carbonyl (C=O) groups is 2. The molecule has 2 atom stereocenters. The summed E-state index contributed by atoms with van der Waals surface area (Å²) in [7, 11) is 1.36. The molecule has 1 aliphatic carbocycles. The molecule has 0 radical (unpaired) electrons. The van der Waals surface area contributed by atoms with Crippen LogP contribution in [0, 0.1) is 5.82 Å². The van der Waals surface area contributed by atoms with Crippen molar-refractivity contribution in [3.05, 3.63) is 71.3 Å². The lowest BCUT2D eigenvalue weighted by molar-refractivity contribution is -0.0458. The van der Waals surface area contributed by atoms with Gasteiger partial charge in [0.05, 0.1) is 49.0 Å². The third kappa shape index (κ3) is 4.90. The van der Waals surface area contributed by atoms with E-state index in [1.54, 1.807) is 27.8 Å². The molecule has 37 heavy (non-hydrogen) atoms. The van der Waals surface area contributed by atoms with Crippen molar-refractivity contribution >= 4 is 11.9 Å². The number of halogens is 1. The predicted molar refractivity (Wildman–Crippen MR) is 137 cm³/mol. The van der Waals surface area contributed by atoms with E-state index in [9.17, 15) is 9.59 Å². The number of rotatable bonds is 7. The number of amides is 1. The monoisotopic (exact) mass is 505 g/mol. The molecule has 2 fully saturated rings. The molecule has 1 amide bonds. The summed E-state index contributed by atoms with van der Waals surface area (Å²) >= 11 is 0. The molecule has 1 aliphatic heterocycles. The number of nitrogens with zero attached hydrogens (tertiary/aromatic N) is 3. The van der Waals surface area contributed by atoms with Crippen LogP contribution in [0.15, 0.2) is 48.7 Å². The van der Waals surface area contributed by atoms with Gasteiger partial charge in [0.15, 0.2) is 0 Å². The maximum Gasteiger partial charge on any atom is 0.341 e. The van der Waals surface area contributed by atoms with Crippen LogP contribution in [0.4, 0.5) is 4.39 Å². The molecule has 3 aromatic rings. The average molecular weight is 506 g/mol. The molecular formula is C29H32FN3O4. The van der Waals surface area contributed by atoms with E-state index in [0.29, 0.717) is 29.8 Å². The first-order valence-corrected chi connectivity index (χ1v) is 12.9. The van der Waals surface area contributed by atoms with Gasteiger partial charge in [-0.25, -0.2) is 13.9 Å². The second-order valence-corrected chi connectivity index (χ2v) is 9.88. The highest BCUT2D eigenvalue weighted by Gasteiger charge is 2.34. The first-order chi connectivity index (χ1) is 17.9. The standard InChI is InChI=1S/C29H32FN3O4/c1-4-7-22-17-37-18(2)16-32(22)28(34)24-11-6-10-23(26(24)30)20-8-5-9-21(14-20)33-27(19-12-13-19)25(15-31-33)29(35)36-3/h5-6,8-11,14-15,18-19,22H,4,7,12-13,16-17H2,1-3H3/t18-,22+/m0/s1. The fourth-order valence-electron chi connectivity index (χ4n) is 5.13. The van der Waals surface area contributed by atoms with Gasteiger partial charge in [0.2, 0.25) is 0 Å². The normalized spacial score (nSPS) is 19.6. The van der Waals surface area contributed by atoms with Gasteiger partial charge >= 0.3 is 5.97 Å². The molecule has 7 nitrogen and oxygen atoms in total. The fourth-order valence-corrected chi connectivity index (χ4v) is 5.13. The van der Waals surface area contributed by atoms with Crippen LogP contribution in [0.2, 0.25) is 0 Å². The highest BCUT2D eigenvalue weighted by Crippen LogP contribution is 2.43. The number of hydrogen-bond donors (Lipinski definition) is 0. The van der Waals surface area contributed by atoms with E-state index >= 15 is 4.39 Å². The van der Waals surface area contributed by atoms with Gasteiger partial charge in [-0.15, -0.1) is 0 Å². The third-order valence-electron chi connectivity index (χ3n) is 7.16. The summed E-state index contributed by atoms with van der Waals surface area (Å²) in [5, 5.41) is 4.46. The van der Waals surface area contributed by atoms with Gasteiger partial charge in [-0.1, -0.05) is 37.6 Å². The maximum atomic E-state index is 15.9. The van der Waals surface area contributed by atoms with Crippen LogP contribution in [0.3, 0.4) is 0 Å². The summed E-state index contributed by atoms with van der Waals surface area (Å²) in [6, 6.07) is 12.2. The van der Waals surface area contributed by atoms with Crippen LogP contribution < -0.4 is 0 Å². The minimum Gasteiger partial charge on any atom is -0.465 e. The lowest BCUT2D eigenvalue weighted by atomic mass is 9.99. The summed E-state index contributed by atoms with van der Waals surface area (Å²) in [5.41, 5.74) is 3.02. The molecule has 194 valence electrons. The number of aromatic nitrogens is 2. The number of esters is 1. The van der Waals surface area contributed by atoms with Crippen LogP contribution in [-0.2, 0) is 9.47 Å². The number of hydrogen-bond acceptors (Lipinski definition) is 5. The average Bonchev–Trinajstić information content (AvgIpc) is 3.66. The van der Waals surface area contributed by atoms with Crippen LogP contribution in [0.1, 0.15) is 71.9 Å². The van der Waals surface area contributed by atoms with Crippen LogP contribution >= 0.6 is 0 Å².